The van der Waals surface area contributed by atoms with Gasteiger partial charge in [0.2, 0.25) is 0 Å². The van der Waals surface area contributed by atoms with Gasteiger partial charge in [-0.2, -0.15) is 5.10 Å². The van der Waals surface area contributed by atoms with Crippen molar-refractivity contribution in [2.75, 3.05) is 6.54 Å². The number of aromatic hydroxyl groups is 1. The molecule has 118 valence electrons. The predicted molar refractivity (Wildman–Crippen MR) is 85.0 cm³/mol. The number of para-hydroxylation sites is 1. The molecule has 22 heavy (non-hydrogen) atoms. The van der Waals surface area contributed by atoms with Crippen LogP contribution in [0.2, 0.25) is 0 Å². The van der Waals surface area contributed by atoms with E-state index in [1.165, 1.54) is 10.9 Å². The average Bonchev–Trinajstić information content (AvgIpc) is 2.89. The summed E-state index contributed by atoms with van der Waals surface area (Å²) < 4.78 is 1.48. The van der Waals surface area contributed by atoms with Crippen LogP contribution in [0, 0.1) is 5.92 Å². The Balaban J connectivity index is 2.15. The quantitative estimate of drug-likeness (QED) is 0.757. The van der Waals surface area contributed by atoms with Gasteiger partial charge < -0.3 is 16.2 Å². The summed E-state index contributed by atoms with van der Waals surface area (Å²) in [4.78, 5) is 12.3. The van der Waals surface area contributed by atoms with E-state index in [2.05, 4.69) is 24.3 Å². The Labute approximate surface area is 129 Å². The zero-order valence-corrected chi connectivity index (χ0v) is 12.9. The first-order valence-electron chi connectivity index (χ1n) is 7.36. The lowest BCUT2D eigenvalue weighted by molar-refractivity contribution is 0.0925. The number of nitrogens with two attached hydrogens (primary N) is 1. The molecule has 0 bridgehead atoms. The van der Waals surface area contributed by atoms with Crippen LogP contribution in [0.15, 0.2) is 36.5 Å². The summed E-state index contributed by atoms with van der Waals surface area (Å²) in [7, 11) is 0. The Hall–Kier alpha value is -2.34. The molecule has 6 heteroatoms. The molecule has 2 rings (SSSR count). The Morgan fingerprint density at radius 3 is 2.64 bits per heavy atom. The van der Waals surface area contributed by atoms with Crippen LogP contribution in [-0.4, -0.2) is 33.4 Å². The maximum absolute atomic E-state index is 12.3. The lowest BCUT2D eigenvalue weighted by atomic mass is 10.0. The molecular formula is C16H22N4O2. The molecule has 0 aliphatic heterocycles. The summed E-state index contributed by atoms with van der Waals surface area (Å²) in [6, 6.07) is 9.17. The molecular weight excluding hydrogens is 280 g/mol. The molecule has 1 atom stereocenters. The molecule has 0 spiro atoms. The SMILES string of the molecule is CC(C)CC(CN)NC(=O)c1nn(-c2ccccc2)cc1O. The monoisotopic (exact) mass is 302 g/mol. The van der Waals surface area contributed by atoms with E-state index >= 15 is 0 Å². The second-order valence-electron chi connectivity index (χ2n) is 5.68. The number of carbonyl (C=O) groups excluding carboxylic acids is 1. The number of hydrogen-bond acceptors (Lipinski definition) is 4. The Morgan fingerprint density at radius 1 is 1.36 bits per heavy atom. The summed E-state index contributed by atoms with van der Waals surface area (Å²) in [5, 5.41) is 16.9. The Morgan fingerprint density at radius 2 is 2.05 bits per heavy atom. The van der Waals surface area contributed by atoms with E-state index in [1.807, 2.05) is 30.3 Å². The number of nitrogens with zero attached hydrogens (tertiary/aromatic N) is 2. The van der Waals surface area contributed by atoms with E-state index in [9.17, 15) is 9.90 Å². The van der Waals surface area contributed by atoms with E-state index < -0.39 is 5.91 Å². The molecule has 1 unspecified atom stereocenters. The summed E-state index contributed by atoms with van der Waals surface area (Å²) >= 11 is 0. The first kappa shape index (κ1) is 16.0. The van der Waals surface area contributed by atoms with Gasteiger partial charge in [-0.3, -0.25) is 4.79 Å². The van der Waals surface area contributed by atoms with Crippen LogP contribution in [0.3, 0.4) is 0 Å². The third-order valence-corrected chi connectivity index (χ3v) is 3.31. The fourth-order valence-electron chi connectivity index (χ4n) is 2.28. The average molecular weight is 302 g/mol. The second-order valence-corrected chi connectivity index (χ2v) is 5.68. The zero-order chi connectivity index (χ0) is 16.1. The molecule has 1 aromatic carbocycles. The van der Waals surface area contributed by atoms with Crippen molar-refractivity contribution in [2.24, 2.45) is 11.7 Å². The maximum atomic E-state index is 12.3. The molecule has 0 aliphatic carbocycles. The number of aromatic nitrogens is 2. The Bertz CT molecular complexity index is 622. The number of hydrogen-bond donors (Lipinski definition) is 3. The highest BCUT2D eigenvalue weighted by Crippen LogP contribution is 2.18. The van der Waals surface area contributed by atoms with Crippen molar-refractivity contribution in [1.82, 2.24) is 15.1 Å². The van der Waals surface area contributed by atoms with Gasteiger partial charge in [0.25, 0.3) is 5.91 Å². The lowest BCUT2D eigenvalue weighted by Crippen LogP contribution is -2.41. The van der Waals surface area contributed by atoms with Gasteiger partial charge in [-0.15, -0.1) is 0 Å². The molecule has 0 saturated heterocycles. The highest BCUT2D eigenvalue weighted by Gasteiger charge is 2.20. The predicted octanol–water partition coefficient (Wildman–Crippen LogP) is 1.68. The molecule has 6 nitrogen and oxygen atoms in total. The van der Waals surface area contributed by atoms with Crippen LogP contribution in [0.4, 0.5) is 0 Å². The molecule has 0 saturated carbocycles. The minimum absolute atomic E-state index is 0.00561. The van der Waals surface area contributed by atoms with Gasteiger partial charge >= 0.3 is 0 Å². The third-order valence-electron chi connectivity index (χ3n) is 3.31. The molecule has 1 amide bonds. The van der Waals surface area contributed by atoms with Gasteiger partial charge in [-0.1, -0.05) is 32.0 Å². The van der Waals surface area contributed by atoms with E-state index in [-0.39, 0.29) is 17.5 Å². The minimum atomic E-state index is -0.414. The summed E-state index contributed by atoms with van der Waals surface area (Å²) in [5.74, 6) is -0.144. The van der Waals surface area contributed by atoms with Gasteiger partial charge in [-0.25, -0.2) is 4.68 Å². The largest absolute Gasteiger partial charge is 0.504 e. The lowest BCUT2D eigenvalue weighted by Gasteiger charge is -2.18. The van der Waals surface area contributed by atoms with Gasteiger partial charge in [0, 0.05) is 12.6 Å². The minimum Gasteiger partial charge on any atom is -0.504 e. The number of benzene rings is 1. The highest BCUT2D eigenvalue weighted by molar-refractivity contribution is 5.95. The van der Waals surface area contributed by atoms with Crippen molar-refractivity contribution in [3.05, 3.63) is 42.2 Å². The summed E-state index contributed by atoms with van der Waals surface area (Å²) in [6.45, 7) is 4.48. The molecule has 0 radical (unpaired) electrons. The van der Waals surface area contributed by atoms with Gasteiger partial charge in [0.1, 0.15) is 0 Å². The van der Waals surface area contributed by atoms with Crippen molar-refractivity contribution >= 4 is 5.91 Å². The van der Waals surface area contributed by atoms with Crippen molar-refractivity contribution in [3.63, 3.8) is 0 Å². The number of amides is 1. The zero-order valence-electron chi connectivity index (χ0n) is 12.9. The fraction of sp³-hybridized carbons (Fsp3) is 0.375. The second kappa shape index (κ2) is 7.09. The van der Waals surface area contributed by atoms with Crippen LogP contribution in [0.5, 0.6) is 5.75 Å². The molecule has 1 heterocycles. The van der Waals surface area contributed by atoms with E-state index in [0.29, 0.717) is 12.5 Å². The standard InChI is InChI=1S/C16H22N4O2/c1-11(2)8-12(9-17)18-16(22)15-14(21)10-20(19-15)13-6-4-3-5-7-13/h3-7,10-12,21H,8-9,17H2,1-2H3,(H,18,22). The van der Waals surface area contributed by atoms with Crippen molar-refractivity contribution in [3.8, 4) is 11.4 Å². The fourth-order valence-corrected chi connectivity index (χ4v) is 2.28. The number of nitrogens with one attached hydrogen (secondary N) is 1. The van der Waals surface area contributed by atoms with Crippen molar-refractivity contribution < 1.29 is 9.90 Å². The molecule has 0 aliphatic rings. The van der Waals surface area contributed by atoms with Gasteiger partial charge in [0.15, 0.2) is 11.4 Å². The Kier molecular flexibility index (Phi) is 5.16. The number of carbonyl (C=O) groups is 1. The summed E-state index contributed by atoms with van der Waals surface area (Å²) in [6.07, 6.45) is 2.20. The first-order valence-corrected chi connectivity index (χ1v) is 7.36. The molecule has 2 aromatic rings. The molecule has 0 fully saturated rings. The van der Waals surface area contributed by atoms with E-state index in [1.54, 1.807) is 0 Å². The maximum Gasteiger partial charge on any atom is 0.275 e. The normalized spacial score (nSPS) is 12.4. The van der Waals surface area contributed by atoms with Crippen LogP contribution >= 0.6 is 0 Å². The van der Waals surface area contributed by atoms with Crippen LogP contribution in [0.25, 0.3) is 5.69 Å². The topological polar surface area (TPSA) is 93.2 Å². The highest BCUT2D eigenvalue weighted by atomic mass is 16.3. The molecule has 1 aromatic heterocycles. The smallest absolute Gasteiger partial charge is 0.275 e. The third kappa shape index (κ3) is 3.85. The van der Waals surface area contributed by atoms with Gasteiger partial charge in [0.05, 0.1) is 11.9 Å². The van der Waals surface area contributed by atoms with Crippen LogP contribution < -0.4 is 11.1 Å². The van der Waals surface area contributed by atoms with Gasteiger partial charge in [-0.05, 0) is 24.5 Å². The molecule has 4 N–H and O–H groups in total. The first-order chi connectivity index (χ1) is 10.5. The van der Waals surface area contributed by atoms with Crippen LogP contribution in [-0.2, 0) is 0 Å². The van der Waals surface area contributed by atoms with Crippen LogP contribution in [0.1, 0.15) is 30.8 Å². The van der Waals surface area contributed by atoms with E-state index in [0.717, 1.165) is 12.1 Å². The number of rotatable bonds is 6. The van der Waals surface area contributed by atoms with E-state index in [4.69, 9.17) is 5.73 Å². The van der Waals surface area contributed by atoms with Crippen molar-refractivity contribution in [2.45, 2.75) is 26.3 Å². The van der Waals surface area contributed by atoms with Crippen molar-refractivity contribution in [1.29, 1.82) is 0 Å². The summed E-state index contributed by atoms with van der Waals surface area (Å²) in [5.41, 5.74) is 6.46.